The first kappa shape index (κ1) is 19.7. The Labute approximate surface area is 155 Å². The molecule has 4 N–H and O–H groups in total. The predicted molar refractivity (Wildman–Crippen MR) is 97.8 cm³/mol. The summed E-state index contributed by atoms with van der Waals surface area (Å²) in [5, 5.41) is 16.7. The van der Waals surface area contributed by atoms with Gasteiger partial charge in [-0.25, -0.2) is 0 Å². The van der Waals surface area contributed by atoms with E-state index in [-0.39, 0.29) is 12.3 Å². The van der Waals surface area contributed by atoms with E-state index in [9.17, 15) is 14.4 Å². The van der Waals surface area contributed by atoms with Gasteiger partial charge in [-0.15, -0.1) is 0 Å². The highest BCUT2D eigenvalue weighted by atomic mass is 32.2. The van der Waals surface area contributed by atoms with Crippen LogP contribution in [0.25, 0.3) is 0 Å². The van der Waals surface area contributed by atoms with E-state index >= 15 is 0 Å². The van der Waals surface area contributed by atoms with Crippen LogP contribution in [0.5, 0.6) is 0 Å². The Morgan fingerprint density at radius 3 is 2.42 bits per heavy atom. The van der Waals surface area contributed by atoms with Gasteiger partial charge in [0.15, 0.2) is 5.78 Å². The molecule has 7 heteroatoms. The van der Waals surface area contributed by atoms with Gasteiger partial charge in [-0.1, -0.05) is 42.1 Å². The number of carboxylic acid groups (broad SMARTS) is 2. The standard InChI is InChI=1S/C17H14O3S.C2H5NO2/c1-10(17(19)20)11-6-7-15-12(8-11)9-14(18)13-4-2-3-5-16(13)21-15;3-1-2(4)5/h2-8,10H,9H2,1H3,(H,19,20);1,3H2,(H,4,5). The molecule has 26 heavy (non-hydrogen) atoms. The molecule has 0 aliphatic carbocycles. The number of aliphatic carboxylic acids is 2. The third kappa shape index (κ3) is 4.71. The Balaban J connectivity index is 0.000000431. The second-order valence-electron chi connectivity index (χ2n) is 5.72. The summed E-state index contributed by atoms with van der Waals surface area (Å²) in [5.74, 6) is -2.31. The van der Waals surface area contributed by atoms with Gasteiger partial charge in [0.25, 0.3) is 0 Å². The van der Waals surface area contributed by atoms with Crippen molar-refractivity contribution >= 4 is 29.5 Å². The van der Waals surface area contributed by atoms with Crippen molar-refractivity contribution in [1.29, 1.82) is 0 Å². The van der Waals surface area contributed by atoms with Crippen LogP contribution in [0.3, 0.4) is 0 Å². The van der Waals surface area contributed by atoms with Crippen LogP contribution in [0.15, 0.2) is 52.3 Å². The molecule has 0 spiro atoms. The van der Waals surface area contributed by atoms with Crippen LogP contribution < -0.4 is 5.73 Å². The zero-order valence-electron chi connectivity index (χ0n) is 14.1. The van der Waals surface area contributed by atoms with Crippen LogP contribution >= 0.6 is 11.8 Å². The number of carboxylic acids is 2. The van der Waals surface area contributed by atoms with Gasteiger partial charge in [0.2, 0.25) is 0 Å². The third-order valence-electron chi connectivity index (χ3n) is 3.89. The molecule has 0 radical (unpaired) electrons. The van der Waals surface area contributed by atoms with Crippen molar-refractivity contribution in [3.8, 4) is 0 Å². The number of carbonyl (C=O) groups is 3. The molecule has 0 bridgehead atoms. The second-order valence-corrected chi connectivity index (χ2v) is 6.81. The first-order valence-corrected chi connectivity index (χ1v) is 8.72. The molecule has 2 aromatic carbocycles. The molecule has 0 aromatic heterocycles. The van der Waals surface area contributed by atoms with Crippen molar-refractivity contribution in [1.82, 2.24) is 0 Å². The van der Waals surface area contributed by atoms with Gasteiger partial charge < -0.3 is 15.9 Å². The van der Waals surface area contributed by atoms with Crippen LogP contribution in [0.4, 0.5) is 0 Å². The number of rotatable bonds is 3. The monoisotopic (exact) mass is 373 g/mol. The quantitative estimate of drug-likeness (QED) is 0.757. The lowest BCUT2D eigenvalue weighted by Crippen LogP contribution is -2.10. The fourth-order valence-corrected chi connectivity index (χ4v) is 3.50. The molecule has 136 valence electrons. The molecule has 0 saturated heterocycles. The predicted octanol–water partition coefficient (Wildman–Crippen LogP) is 2.79. The number of Topliss-reactive ketones (excluding diaryl/α,β-unsaturated/α-hetero) is 1. The minimum atomic E-state index is -0.968. The SMILES string of the molecule is CC(C(=O)O)c1ccc2c(c1)CC(=O)c1ccccc1S2.NCC(=O)O. The van der Waals surface area contributed by atoms with Crippen LogP contribution in [0, 0.1) is 0 Å². The van der Waals surface area contributed by atoms with Crippen LogP contribution in [0.2, 0.25) is 0 Å². The Hall–Kier alpha value is -2.64. The molecular formula is C19H19NO5S. The number of hydrogen-bond donors (Lipinski definition) is 3. The molecular weight excluding hydrogens is 354 g/mol. The molecule has 0 fully saturated rings. The van der Waals surface area contributed by atoms with Crippen molar-refractivity contribution in [3.05, 3.63) is 59.2 Å². The van der Waals surface area contributed by atoms with Crippen molar-refractivity contribution in [2.24, 2.45) is 5.73 Å². The maximum atomic E-state index is 12.4. The molecule has 1 aliphatic heterocycles. The molecule has 2 aromatic rings. The smallest absolute Gasteiger partial charge is 0.317 e. The zero-order valence-corrected chi connectivity index (χ0v) is 15.0. The first-order chi connectivity index (χ1) is 12.3. The molecule has 6 nitrogen and oxygen atoms in total. The minimum Gasteiger partial charge on any atom is -0.481 e. The van der Waals surface area contributed by atoms with Gasteiger partial charge >= 0.3 is 11.9 Å². The van der Waals surface area contributed by atoms with Gasteiger partial charge in [-0.05, 0) is 30.2 Å². The lowest BCUT2D eigenvalue weighted by atomic mass is 9.96. The van der Waals surface area contributed by atoms with Gasteiger partial charge in [-0.2, -0.15) is 0 Å². The summed E-state index contributed by atoms with van der Waals surface area (Å²) in [6.07, 6.45) is 0.319. The van der Waals surface area contributed by atoms with E-state index in [0.717, 1.165) is 26.5 Å². The molecule has 1 atom stereocenters. The Morgan fingerprint density at radius 2 is 1.81 bits per heavy atom. The molecule has 0 saturated carbocycles. The van der Waals surface area contributed by atoms with Gasteiger partial charge in [0.1, 0.15) is 0 Å². The summed E-state index contributed by atoms with van der Waals surface area (Å²) in [6.45, 7) is 1.38. The molecule has 1 aliphatic rings. The van der Waals surface area contributed by atoms with Crippen LogP contribution in [-0.4, -0.2) is 34.5 Å². The lowest BCUT2D eigenvalue weighted by molar-refractivity contribution is -0.138. The fraction of sp³-hybridized carbons (Fsp3) is 0.211. The van der Waals surface area contributed by atoms with Crippen molar-refractivity contribution in [2.45, 2.75) is 29.1 Å². The molecule has 1 unspecified atom stereocenters. The highest BCUT2D eigenvalue weighted by Gasteiger charge is 2.22. The van der Waals surface area contributed by atoms with E-state index in [1.807, 2.05) is 42.5 Å². The van der Waals surface area contributed by atoms with E-state index in [0.29, 0.717) is 6.42 Å². The van der Waals surface area contributed by atoms with Crippen molar-refractivity contribution in [2.75, 3.05) is 6.54 Å². The first-order valence-electron chi connectivity index (χ1n) is 7.91. The lowest BCUT2D eigenvalue weighted by Gasteiger charge is -2.11. The average molecular weight is 373 g/mol. The van der Waals surface area contributed by atoms with E-state index in [1.165, 1.54) is 0 Å². The molecule has 1 heterocycles. The normalized spacial score (nSPS) is 13.4. The summed E-state index contributed by atoms with van der Waals surface area (Å²) in [4.78, 5) is 34.7. The maximum Gasteiger partial charge on any atom is 0.317 e. The largest absolute Gasteiger partial charge is 0.481 e. The zero-order chi connectivity index (χ0) is 19.3. The number of nitrogens with two attached hydrogens (primary N) is 1. The van der Waals surface area contributed by atoms with E-state index in [4.69, 9.17) is 10.2 Å². The second kappa shape index (κ2) is 8.64. The Bertz CT molecular complexity index is 850. The summed E-state index contributed by atoms with van der Waals surface area (Å²) in [6, 6.07) is 13.2. The van der Waals surface area contributed by atoms with Gasteiger partial charge in [0.05, 0.1) is 12.5 Å². The summed E-state index contributed by atoms with van der Waals surface area (Å²) in [5.41, 5.74) is 6.96. The number of ketones is 1. The highest BCUT2D eigenvalue weighted by Crippen LogP contribution is 2.38. The summed E-state index contributed by atoms with van der Waals surface area (Å²) >= 11 is 1.57. The van der Waals surface area contributed by atoms with E-state index in [2.05, 4.69) is 5.73 Å². The van der Waals surface area contributed by atoms with E-state index in [1.54, 1.807) is 18.7 Å². The van der Waals surface area contributed by atoms with Crippen molar-refractivity contribution in [3.63, 3.8) is 0 Å². The van der Waals surface area contributed by atoms with Gasteiger partial charge in [0, 0.05) is 21.8 Å². The van der Waals surface area contributed by atoms with Crippen LogP contribution in [-0.2, 0) is 16.0 Å². The topological polar surface area (TPSA) is 118 Å². The maximum absolute atomic E-state index is 12.4. The fourth-order valence-electron chi connectivity index (χ4n) is 2.42. The highest BCUT2D eigenvalue weighted by molar-refractivity contribution is 7.99. The van der Waals surface area contributed by atoms with E-state index < -0.39 is 17.9 Å². The average Bonchev–Trinajstić information content (AvgIpc) is 2.76. The molecule has 3 rings (SSSR count). The van der Waals surface area contributed by atoms with Crippen LogP contribution in [0.1, 0.15) is 34.3 Å². The third-order valence-corrected chi connectivity index (χ3v) is 5.08. The number of hydrogen-bond acceptors (Lipinski definition) is 5. The number of fused-ring (bicyclic) bond motifs is 2. The minimum absolute atomic E-state index is 0.0805. The Kier molecular flexibility index (Phi) is 6.54. The number of carbonyl (C=O) groups excluding carboxylic acids is 1. The van der Waals surface area contributed by atoms with Crippen molar-refractivity contribution < 1.29 is 24.6 Å². The summed E-state index contributed by atoms with van der Waals surface area (Å²) in [7, 11) is 0. The van der Waals surface area contributed by atoms with Gasteiger partial charge in [-0.3, -0.25) is 14.4 Å². The Morgan fingerprint density at radius 1 is 1.15 bits per heavy atom. The number of benzene rings is 2. The summed E-state index contributed by atoms with van der Waals surface area (Å²) < 4.78 is 0. The molecule has 0 amide bonds.